The van der Waals surface area contributed by atoms with Crippen LogP contribution in [-0.2, 0) is 15.3 Å². The fourth-order valence-electron chi connectivity index (χ4n) is 2.19. The quantitative estimate of drug-likeness (QED) is 0.870. The Morgan fingerprint density at radius 2 is 1.88 bits per heavy atom. The summed E-state index contributed by atoms with van der Waals surface area (Å²) in [7, 11) is 0.189. The van der Waals surface area contributed by atoms with E-state index in [-0.39, 0.29) is 17.5 Å². The first-order valence-electron chi connectivity index (χ1n) is 7.26. The van der Waals surface area contributed by atoms with Crippen LogP contribution in [0.3, 0.4) is 0 Å². The van der Waals surface area contributed by atoms with Gasteiger partial charge in [0.25, 0.3) is 0 Å². The average Bonchev–Trinajstić information content (AvgIpc) is 2.52. The number of imide groups is 1. The lowest BCUT2D eigenvalue weighted by molar-refractivity contribution is -0.130. The summed E-state index contributed by atoms with van der Waals surface area (Å²) in [6.07, 6.45) is 0. The van der Waals surface area contributed by atoms with Crippen molar-refractivity contribution in [3.05, 3.63) is 23.8 Å². The summed E-state index contributed by atoms with van der Waals surface area (Å²) in [5.41, 5.74) is 0.624. The van der Waals surface area contributed by atoms with E-state index in [1.54, 1.807) is 26.8 Å². The third kappa shape index (κ3) is 4.54. The van der Waals surface area contributed by atoms with Crippen LogP contribution >= 0.6 is 0 Å². The second kappa shape index (κ2) is 8.44. The number of hydrogen-bond acceptors (Lipinski definition) is 6. The molecule has 9 heteroatoms. The predicted molar refractivity (Wildman–Crippen MR) is 88.9 cm³/mol. The predicted octanol–water partition coefficient (Wildman–Crippen LogP) is 2.07. The molecule has 24 heavy (non-hydrogen) atoms. The largest absolute Gasteiger partial charge is 0.494 e. The maximum atomic E-state index is 12.7. The summed E-state index contributed by atoms with van der Waals surface area (Å²) in [6, 6.07) is 3.80. The highest BCUT2D eigenvalue weighted by molar-refractivity contribution is 7.61. The summed E-state index contributed by atoms with van der Waals surface area (Å²) in [5.74, 6) is -0.789. The molecule has 0 bridgehead atoms. The van der Waals surface area contributed by atoms with Gasteiger partial charge in [0, 0.05) is 13.1 Å². The molecule has 3 amide bonds. The number of nitrogens with one attached hydrogen (secondary N) is 1. The highest BCUT2D eigenvalue weighted by Gasteiger charge is 2.29. The van der Waals surface area contributed by atoms with Gasteiger partial charge in [-0.2, -0.15) is 8.42 Å². The molecule has 1 unspecified atom stereocenters. The van der Waals surface area contributed by atoms with Crippen molar-refractivity contribution >= 4 is 28.1 Å². The van der Waals surface area contributed by atoms with Gasteiger partial charge in [-0.05, 0) is 38.5 Å². The van der Waals surface area contributed by atoms with Gasteiger partial charge in [0.2, 0.25) is 5.91 Å². The van der Waals surface area contributed by atoms with Crippen molar-refractivity contribution in [1.82, 2.24) is 10.2 Å². The van der Waals surface area contributed by atoms with Gasteiger partial charge in [-0.25, -0.2) is 4.79 Å². The molecule has 0 aromatic heterocycles. The third-order valence-electron chi connectivity index (χ3n) is 3.43. The van der Waals surface area contributed by atoms with E-state index in [1.165, 1.54) is 26.3 Å². The highest BCUT2D eigenvalue weighted by atomic mass is 32.2. The maximum Gasteiger partial charge on any atom is 0.324 e. The monoisotopic (exact) mass is 355 g/mol. The summed E-state index contributed by atoms with van der Waals surface area (Å²) >= 11 is 0. The van der Waals surface area contributed by atoms with Crippen molar-refractivity contribution in [2.45, 2.75) is 32.7 Å². The van der Waals surface area contributed by atoms with Gasteiger partial charge in [-0.15, -0.1) is 4.36 Å². The summed E-state index contributed by atoms with van der Waals surface area (Å²) < 4.78 is 30.2. The Balaban J connectivity index is 3.27. The molecular weight excluding hydrogens is 334 g/mol. The van der Waals surface area contributed by atoms with E-state index >= 15 is 0 Å². The molecule has 0 fully saturated rings. The Morgan fingerprint density at radius 1 is 1.25 bits per heavy atom. The van der Waals surface area contributed by atoms with Crippen molar-refractivity contribution < 1.29 is 22.7 Å². The van der Waals surface area contributed by atoms with Crippen LogP contribution in [0, 0.1) is 0 Å². The van der Waals surface area contributed by atoms with Crippen molar-refractivity contribution in [2.24, 2.45) is 4.36 Å². The van der Waals surface area contributed by atoms with Gasteiger partial charge < -0.3 is 10.1 Å². The van der Waals surface area contributed by atoms with Crippen molar-refractivity contribution in [3.8, 4) is 5.75 Å². The Bertz CT molecular complexity index is 750. The molecule has 1 aromatic rings. The van der Waals surface area contributed by atoms with Crippen molar-refractivity contribution in [3.63, 3.8) is 0 Å². The lowest BCUT2D eigenvalue weighted by Gasteiger charge is -2.27. The van der Waals surface area contributed by atoms with E-state index in [0.29, 0.717) is 5.56 Å². The smallest absolute Gasteiger partial charge is 0.324 e. The Labute approximate surface area is 142 Å². The first-order chi connectivity index (χ1) is 11.2. The number of rotatable bonds is 5. The average molecular weight is 355 g/mol. The molecule has 0 saturated heterocycles. The number of amides is 3. The number of methoxy groups -OCH3 is 1. The van der Waals surface area contributed by atoms with Gasteiger partial charge in [-0.3, -0.25) is 9.69 Å². The molecule has 0 aliphatic heterocycles. The minimum absolute atomic E-state index is 0.0963. The number of hydrogen-bond donors (Lipinski definition) is 1. The van der Waals surface area contributed by atoms with Crippen molar-refractivity contribution in [2.75, 3.05) is 14.2 Å². The van der Waals surface area contributed by atoms with E-state index < -0.39 is 28.4 Å². The Kier molecular flexibility index (Phi) is 6.90. The summed E-state index contributed by atoms with van der Waals surface area (Å²) in [4.78, 5) is 25.7. The SMILES string of the molecule is CNC(=O)N(C(=O)C(C)c1ccc(OC)c(N=S(=O)=O)c1)C(C)C. The van der Waals surface area contributed by atoms with E-state index in [9.17, 15) is 18.0 Å². The number of carbonyl (C=O) groups excluding carboxylic acids is 2. The zero-order valence-electron chi connectivity index (χ0n) is 14.2. The molecule has 0 saturated carbocycles. The minimum atomic E-state index is -2.65. The molecule has 0 aliphatic rings. The number of nitrogens with zero attached hydrogens (tertiary/aromatic N) is 2. The molecule has 1 rings (SSSR count). The fraction of sp³-hybridized carbons (Fsp3) is 0.467. The van der Waals surface area contributed by atoms with Crippen molar-refractivity contribution in [1.29, 1.82) is 0 Å². The van der Waals surface area contributed by atoms with E-state index in [2.05, 4.69) is 9.68 Å². The van der Waals surface area contributed by atoms with Gasteiger partial charge >= 0.3 is 16.5 Å². The zero-order valence-corrected chi connectivity index (χ0v) is 15.0. The zero-order chi connectivity index (χ0) is 18.4. The van der Waals surface area contributed by atoms with Crippen LogP contribution in [0.1, 0.15) is 32.3 Å². The number of ether oxygens (including phenoxy) is 1. The second-order valence-corrected chi connectivity index (χ2v) is 5.94. The van der Waals surface area contributed by atoms with Crippen LogP contribution in [-0.4, -0.2) is 45.5 Å². The van der Waals surface area contributed by atoms with Crippen LogP contribution in [0.5, 0.6) is 5.75 Å². The van der Waals surface area contributed by atoms with Crippen LogP contribution in [0.2, 0.25) is 0 Å². The van der Waals surface area contributed by atoms with Gasteiger partial charge in [0.05, 0.1) is 13.0 Å². The standard InChI is InChI=1S/C15H21N3O5S/c1-9(2)18(15(20)16-4)14(19)10(3)11-6-7-13(23-5)12(8-11)17-24(21)22/h6-10H,1-5H3,(H,16,20). The van der Waals surface area contributed by atoms with Gasteiger partial charge in [0.15, 0.2) is 0 Å². The molecule has 0 aliphatic carbocycles. The van der Waals surface area contributed by atoms with E-state index in [4.69, 9.17) is 4.74 Å². The highest BCUT2D eigenvalue weighted by Crippen LogP contribution is 2.32. The molecule has 1 atom stereocenters. The molecule has 0 radical (unpaired) electrons. The Morgan fingerprint density at radius 3 is 2.33 bits per heavy atom. The molecule has 1 N–H and O–H groups in total. The first kappa shape index (κ1) is 19.6. The summed E-state index contributed by atoms with van der Waals surface area (Å²) in [5, 5.41) is 2.44. The maximum absolute atomic E-state index is 12.7. The van der Waals surface area contributed by atoms with Crippen LogP contribution in [0.4, 0.5) is 10.5 Å². The number of urea groups is 1. The lowest BCUT2D eigenvalue weighted by Crippen LogP contribution is -2.48. The first-order valence-corrected chi connectivity index (χ1v) is 8.29. The molecule has 0 spiro atoms. The number of carbonyl (C=O) groups is 2. The van der Waals surface area contributed by atoms with Gasteiger partial charge in [0.1, 0.15) is 11.4 Å². The topological polar surface area (TPSA) is 105 Å². The van der Waals surface area contributed by atoms with Crippen LogP contribution < -0.4 is 10.1 Å². The molecular formula is C15H21N3O5S. The summed E-state index contributed by atoms with van der Waals surface area (Å²) in [6.45, 7) is 5.10. The second-order valence-electron chi connectivity index (χ2n) is 5.32. The minimum Gasteiger partial charge on any atom is -0.494 e. The molecule has 0 heterocycles. The lowest BCUT2D eigenvalue weighted by atomic mass is 9.98. The fourth-order valence-corrected chi connectivity index (χ4v) is 2.49. The Hall–Kier alpha value is -2.42. The molecule has 8 nitrogen and oxygen atoms in total. The van der Waals surface area contributed by atoms with E-state index in [1.807, 2.05) is 0 Å². The van der Waals surface area contributed by atoms with E-state index in [0.717, 1.165) is 4.90 Å². The third-order valence-corrected chi connectivity index (χ3v) is 3.78. The normalized spacial score (nSPS) is 11.6. The molecule has 132 valence electrons. The molecule has 1 aromatic carbocycles. The van der Waals surface area contributed by atoms with Crippen LogP contribution in [0.15, 0.2) is 22.6 Å². The number of benzene rings is 1. The van der Waals surface area contributed by atoms with Gasteiger partial charge in [-0.1, -0.05) is 6.07 Å². The van der Waals surface area contributed by atoms with Crippen LogP contribution in [0.25, 0.3) is 0 Å².